The van der Waals surface area contributed by atoms with Crippen molar-refractivity contribution in [2.75, 3.05) is 25.1 Å². The summed E-state index contributed by atoms with van der Waals surface area (Å²) < 4.78 is 60.1. The Labute approximate surface area is 213 Å². The van der Waals surface area contributed by atoms with Crippen molar-refractivity contribution in [2.24, 2.45) is 0 Å². The Balaban J connectivity index is 1.32. The zero-order valence-electron chi connectivity index (χ0n) is 20.0. The van der Waals surface area contributed by atoms with Gasteiger partial charge in [-0.1, -0.05) is 18.2 Å². The lowest BCUT2D eigenvalue weighted by Gasteiger charge is -2.26. The second kappa shape index (κ2) is 10.7. The Morgan fingerprint density at radius 2 is 1.86 bits per heavy atom. The molecular formula is C25H27F2N5O4S. The average Bonchev–Trinajstić information content (AvgIpc) is 3.29. The van der Waals surface area contributed by atoms with Crippen LogP contribution in [0.5, 0.6) is 0 Å². The van der Waals surface area contributed by atoms with Gasteiger partial charge >= 0.3 is 0 Å². The Bertz CT molecular complexity index is 1390. The molecule has 1 aromatic heterocycles. The van der Waals surface area contributed by atoms with E-state index in [0.29, 0.717) is 55.1 Å². The lowest BCUT2D eigenvalue weighted by molar-refractivity contribution is 0.0775. The van der Waals surface area contributed by atoms with Gasteiger partial charge in [-0.25, -0.2) is 17.2 Å². The number of ether oxygens (including phenoxy) is 1. The van der Waals surface area contributed by atoms with Crippen molar-refractivity contribution in [3.63, 3.8) is 0 Å². The lowest BCUT2D eigenvalue weighted by Crippen LogP contribution is -2.36. The number of fused-ring (bicyclic) bond motifs is 1. The highest BCUT2D eigenvalue weighted by atomic mass is 32.2. The van der Waals surface area contributed by atoms with E-state index < -0.39 is 26.6 Å². The second-order valence-corrected chi connectivity index (χ2v) is 11.0. The Morgan fingerprint density at radius 1 is 1.14 bits per heavy atom. The zero-order valence-corrected chi connectivity index (χ0v) is 20.8. The first-order valence-corrected chi connectivity index (χ1v) is 13.5. The van der Waals surface area contributed by atoms with Crippen molar-refractivity contribution in [1.82, 2.24) is 19.8 Å². The molecule has 0 unspecified atom stereocenters. The maximum Gasteiger partial charge on any atom is 0.257 e. The number of hydrogen-bond acceptors (Lipinski definition) is 6. The molecule has 2 aliphatic rings. The first-order valence-electron chi connectivity index (χ1n) is 12.0. The van der Waals surface area contributed by atoms with Crippen molar-refractivity contribution in [3.8, 4) is 0 Å². The Hall–Kier alpha value is -3.19. The van der Waals surface area contributed by atoms with Crippen LogP contribution in [0.1, 0.15) is 40.0 Å². The number of aromatic nitrogens is 2. The van der Waals surface area contributed by atoms with Crippen LogP contribution in [0.3, 0.4) is 0 Å². The number of hydrogen-bond donors (Lipinski definition) is 3. The molecule has 2 aromatic carbocycles. The highest BCUT2D eigenvalue weighted by Crippen LogP contribution is 2.29. The number of halogens is 2. The molecule has 0 bridgehead atoms. The number of nitrogens with one attached hydrogen (secondary N) is 3. The van der Waals surface area contributed by atoms with E-state index in [1.54, 1.807) is 12.1 Å². The fourth-order valence-corrected chi connectivity index (χ4v) is 6.08. The molecule has 1 fully saturated rings. The molecule has 0 spiro atoms. The van der Waals surface area contributed by atoms with Crippen molar-refractivity contribution >= 4 is 21.7 Å². The molecule has 1 amide bonds. The van der Waals surface area contributed by atoms with E-state index in [2.05, 4.69) is 20.8 Å². The van der Waals surface area contributed by atoms with Crippen molar-refractivity contribution in [2.45, 2.75) is 43.3 Å². The van der Waals surface area contributed by atoms with Crippen LogP contribution in [0.4, 0.5) is 14.6 Å². The number of anilines is 1. The molecule has 37 heavy (non-hydrogen) atoms. The van der Waals surface area contributed by atoms with Gasteiger partial charge in [0, 0.05) is 68.2 Å². The van der Waals surface area contributed by atoms with E-state index in [1.165, 1.54) is 0 Å². The van der Waals surface area contributed by atoms with Crippen molar-refractivity contribution < 1.29 is 26.7 Å². The zero-order chi connectivity index (χ0) is 26.0. The summed E-state index contributed by atoms with van der Waals surface area (Å²) in [5, 5.41) is 13.4. The third kappa shape index (κ3) is 5.57. The minimum absolute atomic E-state index is 0.101. The van der Waals surface area contributed by atoms with Gasteiger partial charge in [-0.15, -0.1) is 0 Å². The summed E-state index contributed by atoms with van der Waals surface area (Å²) in [6, 6.07) is 9.77. The summed E-state index contributed by atoms with van der Waals surface area (Å²) in [6.45, 7) is 1.94. The number of benzene rings is 2. The summed E-state index contributed by atoms with van der Waals surface area (Å²) in [5.74, 6) is -2.10. The first-order chi connectivity index (χ1) is 17.8. The minimum Gasteiger partial charge on any atom is -0.381 e. The van der Waals surface area contributed by atoms with Crippen LogP contribution in [0.25, 0.3) is 0 Å². The summed E-state index contributed by atoms with van der Waals surface area (Å²) in [4.78, 5) is 12.8. The number of sulfonamides is 1. The molecule has 3 heterocycles. The minimum atomic E-state index is -4.17. The molecule has 1 saturated heterocycles. The molecule has 9 nitrogen and oxygen atoms in total. The van der Waals surface area contributed by atoms with Gasteiger partial charge in [-0.2, -0.15) is 9.40 Å². The predicted molar refractivity (Wildman–Crippen MR) is 131 cm³/mol. The number of H-pyrrole nitrogens is 1. The van der Waals surface area contributed by atoms with Crippen LogP contribution in [0.2, 0.25) is 0 Å². The molecule has 196 valence electrons. The molecule has 5 rings (SSSR count). The fraction of sp³-hybridized carbons (Fsp3) is 0.360. The van der Waals surface area contributed by atoms with E-state index in [1.807, 2.05) is 12.1 Å². The van der Waals surface area contributed by atoms with Gasteiger partial charge in [-0.05, 0) is 36.6 Å². The van der Waals surface area contributed by atoms with Gasteiger partial charge in [0.25, 0.3) is 5.91 Å². The van der Waals surface area contributed by atoms with Crippen molar-refractivity contribution in [1.29, 1.82) is 0 Å². The van der Waals surface area contributed by atoms with Crippen LogP contribution in [0, 0.1) is 11.6 Å². The van der Waals surface area contributed by atoms with Gasteiger partial charge in [0.05, 0.1) is 4.90 Å². The lowest BCUT2D eigenvalue weighted by atomic mass is 10.0. The van der Waals surface area contributed by atoms with Crippen LogP contribution in [-0.2, 0) is 34.3 Å². The van der Waals surface area contributed by atoms with E-state index in [9.17, 15) is 22.0 Å². The molecular weight excluding hydrogens is 504 g/mol. The number of nitrogens with zero attached hydrogens (tertiary/aromatic N) is 2. The quantitative estimate of drug-likeness (QED) is 0.432. The maximum absolute atomic E-state index is 13.7. The van der Waals surface area contributed by atoms with Gasteiger partial charge in [-0.3, -0.25) is 9.89 Å². The standard InChI is InChI=1S/C25H27F2N5O4S/c26-17-11-18(27)13-20(12-17)37(34,35)32-8-5-23-22(15-32)24(31-30-23)29-25(33)21-4-2-1-3-16(21)14-28-19-6-9-36-10-7-19/h1-4,11-13,19,28H,5-10,14-15H2,(H2,29,30,31,33). The molecule has 0 atom stereocenters. The molecule has 3 N–H and O–H groups in total. The topological polar surface area (TPSA) is 116 Å². The molecule has 3 aromatic rings. The van der Waals surface area contributed by atoms with Gasteiger partial charge < -0.3 is 15.4 Å². The van der Waals surface area contributed by atoms with Crippen LogP contribution in [-0.4, -0.2) is 54.6 Å². The van der Waals surface area contributed by atoms with Crippen LogP contribution >= 0.6 is 0 Å². The van der Waals surface area contributed by atoms with Gasteiger partial charge in [0.2, 0.25) is 10.0 Å². The largest absolute Gasteiger partial charge is 0.381 e. The monoisotopic (exact) mass is 531 g/mol. The Kier molecular flexibility index (Phi) is 7.33. The number of aromatic amines is 1. The number of carbonyl (C=O) groups is 1. The molecule has 2 aliphatic heterocycles. The van der Waals surface area contributed by atoms with Crippen LogP contribution < -0.4 is 10.6 Å². The molecule has 0 aliphatic carbocycles. The summed E-state index contributed by atoms with van der Waals surface area (Å²) in [6.07, 6.45) is 2.13. The number of carbonyl (C=O) groups excluding carboxylic acids is 1. The molecule has 0 radical (unpaired) electrons. The average molecular weight is 532 g/mol. The number of rotatable bonds is 7. The SMILES string of the molecule is O=C(Nc1n[nH]c2c1CN(S(=O)(=O)c1cc(F)cc(F)c1)CC2)c1ccccc1CNC1CCOCC1. The highest BCUT2D eigenvalue weighted by Gasteiger charge is 2.32. The van der Waals surface area contributed by atoms with Crippen molar-refractivity contribution in [3.05, 3.63) is 76.5 Å². The van der Waals surface area contributed by atoms with Crippen LogP contribution in [0.15, 0.2) is 47.4 Å². The van der Waals surface area contributed by atoms with Gasteiger partial charge in [0.15, 0.2) is 5.82 Å². The van der Waals surface area contributed by atoms with Gasteiger partial charge in [0.1, 0.15) is 11.6 Å². The molecule has 0 saturated carbocycles. The Morgan fingerprint density at radius 3 is 2.62 bits per heavy atom. The first kappa shape index (κ1) is 25.5. The third-order valence-electron chi connectivity index (χ3n) is 6.67. The predicted octanol–water partition coefficient (Wildman–Crippen LogP) is 2.96. The van der Waals surface area contributed by atoms with E-state index in [0.717, 1.165) is 34.8 Å². The normalized spacial score (nSPS) is 16.9. The number of amides is 1. The van der Waals surface area contributed by atoms with E-state index >= 15 is 0 Å². The fourth-order valence-electron chi connectivity index (χ4n) is 4.63. The maximum atomic E-state index is 13.7. The summed E-state index contributed by atoms with van der Waals surface area (Å²) in [7, 11) is -4.17. The summed E-state index contributed by atoms with van der Waals surface area (Å²) in [5.41, 5.74) is 2.52. The second-order valence-electron chi connectivity index (χ2n) is 9.10. The van der Waals surface area contributed by atoms with E-state index in [4.69, 9.17) is 4.74 Å². The third-order valence-corrected chi connectivity index (χ3v) is 8.49. The smallest absolute Gasteiger partial charge is 0.257 e. The highest BCUT2D eigenvalue weighted by molar-refractivity contribution is 7.89. The van der Waals surface area contributed by atoms with E-state index in [-0.39, 0.29) is 24.8 Å². The summed E-state index contributed by atoms with van der Waals surface area (Å²) >= 11 is 0. The molecule has 12 heteroatoms.